The lowest BCUT2D eigenvalue weighted by Gasteiger charge is -2.06. The van der Waals surface area contributed by atoms with Gasteiger partial charge in [-0.05, 0) is 71.8 Å². The second-order valence-electron chi connectivity index (χ2n) is 6.02. The van der Waals surface area contributed by atoms with Gasteiger partial charge in [-0.1, -0.05) is 23.7 Å². The van der Waals surface area contributed by atoms with Crippen LogP contribution < -0.4 is 10.2 Å². The van der Waals surface area contributed by atoms with Gasteiger partial charge in [0.2, 0.25) is 5.91 Å². The molecule has 0 aromatic heterocycles. The molecule has 29 heavy (non-hydrogen) atoms. The molecule has 0 fully saturated rings. The van der Waals surface area contributed by atoms with E-state index in [1.807, 2.05) is 36.4 Å². The molecule has 0 aliphatic rings. The maximum Gasteiger partial charge on any atom is 0.250 e. The number of amides is 1. The Morgan fingerprint density at radius 3 is 2.41 bits per heavy atom. The molecule has 0 aliphatic heterocycles. The SMILES string of the molecule is O=C(CSc1ccc(Cl)cc1)N/N=C\c1ccc(OCc2ccc(F)cc2)cc1. The zero-order valence-electron chi connectivity index (χ0n) is 15.3. The summed E-state index contributed by atoms with van der Waals surface area (Å²) in [5.74, 6) is 0.484. The minimum absolute atomic E-state index is 0.194. The Kier molecular flexibility index (Phi) is 7.67. The first kappa shape index (κ1) is 20.9. The number of carbonyl (C=O) groups excluding carboxylic acids is 1. The van der Waals surface area contributed by atoms with E-state index in [0.29, 0.717) is 17.4 Å². The second-order valence-corrected chi connectivity index (χ2v) is 7.51. The molecule has 3 rings (SSSR count). The quantitative estimate of drug-likeness (QED) is 0.301. The highest BCUT2D eigenvalue weighted by atomic mass is 35.5. The number of nitrogens with zero attached hydrogens (tertiary/aromatic N) is 1. The summed E-state index contributed by atoms with van der Waals surface area (Å²) in [5.41, 5.74) is 4.21. The van der Waals surface area contributed by atoms with Crippen LogP contribution in [0.15, 0.2) is 82.8 Å². The standard InChI is InChI=1S/C22H18ClFN2O2S/c23-18-5-11-21(12-6-18)29-15-22(27)26-25-13-16-3-9-20(10-4-16)28-14-17-1-7-19(24)8-2-17/h1-13H,14-15H2,(H,26,27)/b25-13-. The summed E-state index contributed by atoms with van der Waals surface area (Å²) < 4.78 is 18.6. The number of hydrazone groups is 1. The first-order valence-electron chi connectivity index (χ1n) is 8.76. The largest absolute Gasteiger partial charge is 0.489 e. The van der Waals surface area contributed by atoms with Gasteiger partial charge < -0.3 is 4.74 Å². The molecule has 0 heterocycles. The number of halogens is 2. The van der Waals surface area contributed by atoms with E-state index in [1.54, 1.807) is 30.5 Å². The molecule has 1 N–H and O–H groups in total. The Morgan fingerprint density at radius 2 is 1.72 bits per heavy atom. The summed E-state index contributed by atoms with van der Waals surface area (Å²) in [6.07, 6.45) is 1.56. The lowest BCUT2D eigenvalue weighted by atomic mass is 10.2. The highest BCUT2D eigenvalue weighted by molar-refractivity contribution is 8.00. The molecular formula is C22H18ClFN2O2S. The van der Waals surface area contributed by atoms with Crippen molar-refractivity contribution in [1.82, 2.24) is 5.43 Å². The van der Waals surface area contributed by atoms with Crippen molar-refractivity contribution in [2.45, 2.75) is 11.5 Å². The zero-order chi connectivity index (χ0) is 20.5. The Bertz CT molecular complexity index is 962. The topological polar surface area (TPSA) is 50.7 Å². The minimum Gasteiger partial charge on any atom is -0.489 e. The number of thioether (sulfide) groups is 1. The van der Waals surface area contributed by atoms with Crippen LogP contribution >= 0.6 is 23.4 Å². The number of nitrogens with one attached hydrogen (secondary N) is 1. The maximum atomic E-state index is 12.9. The summed E-state index contributed by atoms with van der Waals surface area (Å²) in [6, 6.07) is 20.8. The average molecular weight is 429 g/mol. The molecule has 0 radical (unpaired) electrons. The van der Waals surface area contributed by atoms with Gasteiger partial charge in [-0.2, -0.15) is 5.10 Å². The van der Waals surface area contributed by atoms with Gasteiger partial charge in [0.15, 0.2) is 0 Å². The lowest BCUT2D eigenvalue weighted by Crippen LogP contribution is -2.19. The van der Waals surface area contributed by atoms with Gasteiger partial charge >= 0.3 is 0 Å². The van der Waals surface area contributed by atoms with Crippen molar-refractivity contribution in [3.63, 3.8) is 0 Å². The Labute approximate surface area is 177 Å². The van der Waals surface area contributed by atoms with Crippen molar-refractivity contribution in [3.8, 4) is 5.75 Å². The van der Waals surface area contributed by atoms with Crippen LogP contribution in [-0.2, 0) is 11.4 Å². The third-order valence-electron chi connectivity index (χ3n) is 3.79. The molecule has 3 aromatic carbocycles. The third-order valence-corrected chi connectivity index (χ3v) is 5.05. The van der Waals surface area contributed by atoms with E-state index in [2.05, 4.69) is 10.5 Å². The minimum atomic E-state index is -0.270. The van der Waals surface area contributed by atoms with Crippen LogP contribution in [0.25, 0.3) is 0 Å². The molecule has 0 unspecified atom stereocenters. The van der Waals surface area contributed by atoms with E-state index >= 15 is 0 Å². The van der Waals surface area contributed by atoms with Crippen LogP contribution in [0.1, 0.15) is 11.1 Å². The number of rotatable bonds is 8. The highest BCUT2D eigenvalue weighted by Crippen LogP contribution is 2.20. The van der Waals surface area contributed by atoms with Crippen LogP contribution in [0.3, 0.4) is 0 Å². The molecule has 0 saturated carbocycles. The molecule has 148 valence electrons. The van der Waals surface area contributed by atoms with Crippen molar-refractivity contribution < 1.29 is 13.9 Å². The first-order chi connectivity index (χ1) is 14.1. The van der Waals surface area contributed by atoms with Crippen LogP contribution in [0, 0.1) is 5.82 Å². The second kappa shape index (κ2) is 10.6. The Morgan fingerprint density at radius 1 is 1.03 bits per heavy atom. The first-order valence-corrected chi connectivity index (χ1v) is 10.1. The normalized spacial score (nSPS) is 10.8. The predicted octanol–water partition coefficient (Wildman–Crippen LogP) is 5.30. The maximum absolute atomic E-state index is 12.9. The van der Waals surface area contributed by atoms with Crippen LogP contribution in [0.4, 0.5) is 4.39 Å². The zero-order valence-corrected chi connectivity index (χ0v) is 16.9. The van der Waals surface area contributed by atoms with E-state index in [1.165, 1.54) is 23.9 Å². The third kappa shape index (κ3) is 7.25. The fourth-order valence-electron chi connectivity index (χ4n) is 2.29. The molecule has 0 saturated heterocycles. The van der Waals surface area contributed by atoms with Gasteiger partial charge in [0.1, 0.15) is 18.2 Å². The number of benzene rings is 3. The fraction of sp³-hybridized carbons (Fsp3) is 0.0909. The van der Waals surface area contributed by atoms with Crippen LogP contribution in [0.2, 0.25) is 5.02 Å². The number of hydrogen-bond acceptors (Lipinski definition) is 4. The van der Waals surface area contributed by atoms with Gasteiger partial charge in [0, 0.05) is 9.92 Å². The monoisotopic (exact) mass is 428 g/mol. The van der Waals surface area contributed by atoms with Gasteiger partial charge in [-0.25, -0.2) is 9.82 Å². The highest BCUT2D eigenvalue weighted by Gasteiger charge is 2.02. The smallest absolute Gasteiger partial charge is 0.250 e. The van der Waals surface area contributed by atoms with E-state index in [0.717, 1.165) is 16.0 Å². The summed E-state index contributed by atoms with van der Waals surface area (Å²) in [6.45, 7) is 0.356. The predicted molar refractivity (Wildman–Crippen MR) is 115 cm³/mol. The van der Waals surface area contributed by atoms with E-state index in [9.17, 15) is 9.18 Å². The molecule has 4 nitrogen and oxygen atoms in total. The molecular weight excluding hydrogens is 411 g/mol. The number of ether oxygens (including phenoxy) is 1. The van der Waals surface area contributed by atoms with Gasteiger partial charge in [0.25, 0.3) is 0 Å². The van der Waals surface area contributed by atoms with Crippen molar-refractivity contribution in [1.29, 1.82) is 0 Å². The molecule has 0 bridgehead atoms. The lowest BCUT2D eigenvalue weighted by molar-refractivity contribution is -0.118. The van der Waals surface area contributed by atoms with Gasteiger partial charge in [0.05, 0.1) is 12.0 Å². The number of hydrogen-bond donors (Lipinski definition) is 1. The van der Waals surface area contributed by atoms with Crippen molar-refractivity contribution >= 4 is 35.5 Å². The van der Waals surface area contributed by atoms with Crippen molar-refractivity contribution in [2.75, 3.05) is 5.75 Å². The summed E-state index contributed by atoms with van der Waals surface area (Å²) in [7, 11) is 0. The summed E-state index contributed by atoms with van der Waals surface area (Å²) in [5, 5.41) is 4.63. The molecule has 0 aliphatic carbocycles. The molecule has 0 spiro atoms. The van der Waals surface area contributed by atoms with E-state index in [-0.39, 0.29) is 17.5 Å². The average Bonchev–Trinajstić information content (AvgIpc) is 2.74. The van der Waals surface area contributed by atoms with Crippen LogP contribution in [-0.4, -0.2) is 17.9 Å². The molecule has 3 aromatic rings. The van der Waals surface area contributed by atoms with E-state index < -0.39 is 0 Å². The van der Waals surface area contributed by atoms with Gasteiger partial charge in [-0.15, -0.1) is 11.8 Å². The van der Waals surface area contributed by atoms with Gasteiger partial charge in [-0.3, -0.25) is 4.79 Å². The number of carbonyl (C=O) groups is 1. The Hall–Kier alpha value is -2.83. The van der Waals surface area contributed by atoms with E-state index in [4.69, 9.17) is 16.3 Å². The van der Waals surface area contributed by atoms with Crippen LogP contribution in [0.5, 0.6) is 5.75 Å². The van der Waals surface area contributed by atoms with Crippen molar-refractivity contribution in [2.24, 2.45) is 5.10 Å². The molecule has 1 amide bonds. The fourth-order valence-corrected chi connectivity index (χ4v) is 3.11. The molecule has 0 atom stereocenters. The summed E-state index contributed by atoms with van der Waals surface area (Å²) >= 11 is 7.24. The van der Waals surface area contributed by atoms with Crippen molar-refractivity contribution in [3.05, 3.63) is 94.8 Å². The summed E-state index contributed by atoms with van der Waals surface area (Å²) in [4.78, 5) is 12.8. The molecule has 7 heteroatoms. The Balaban J connectivity index is 1.41.